The van der Waals surface area contributed by atoms with E-state index in [1.54, 1.807) is 7.05 Å². The van der Waals surface area contributed by atoms with Gasteiger partial charge in [-0.25, -0.2) is 9.67 Å². The third-order valence-electron chi connectivity index (χ3n) is 4.89. The molecule has 160 valence electrons. The number of aliphatic imine (C=N–C) groups is 1. The number of ether oxygens (including phenoxy) is 1. The van der Waals surface area contributed by atoms with Crippen LogP contribution in [0.4, 0.5) is 0 Å². The Morgan fingerprint density at radius 3 is 2.86 bits per heavy atom. The molecule has 0 saturated carbocycles. The standard InChI is InChI=1S/C21H32N6O.HI/c1-15-24-19-10-9-17(14-27(19)26-15)25-20(22-5)23-11-12-28-18-8-6-7-16(13-18)21(2,3)4;/h6-8,13,17H,9-12,14H2,1-5H3,(H2,22,23,25);1H. The Hall–Kier alpha value is -1.84. The summed E-state index contributed by atoms with van der Waals surface area (Å²) < 4.78 is 7.90. The van der Waals surface area contributed by atoms with Crippen molar-refractivity contribution in [3.05, 3.63) is 41.5 Å². The Bertz CT molecular complexity index is 827. The molecule has 2 aromatic rings. The first-order valence-electron chi connectivity index (χ1n) is 9.96. The number of rotatable bonds is 5. The fraction of sp³-hybridized carbons (Fsp3) is 0.571. The normalized spacial score (nSPS) is 16.6. The minimum absolute atomic E-state index is 0. The average Bonchev–Trinajstić information content (AvgIpc) is 3.03. The van der Waals surface area contributed by atoms with Gasteiger partial charge < -0.3 is 15.4 Å². The largest absolute Gasteiger partial charge is 0.492 e. The number of halogens is 1. The van der Waals surface area contributed by atoms with E-state index in [1.165, 1.54) is 5.56 Å². The Morgan fingerprint density at radius 1 is 1.34 bits per heavy atom. The van der Waals surface area contributed by atoms with E-state index in [9.17, 15) is 0 Å². The molecule has 1 aliphatic heterocycles. The molecule has 0 radical (unpaired) electrons. The zero-order valence-corrected chi connectivity index (χ0v) is 20.4. The summed E-state index contributed by atoms with van der Waals surface area (Å²) in [6.45, 7) is 10.6. The topological polar surface area (TPSA) is 76.4 Å². The molecule has 0 amide bonds. The molecule has 0 aliphatic carbocycles. The molecule has 8 heteroatoms. The van der Waals surface area contributed by atoms with Crippen molar-refractivity contribution in [1.82, 2.24) is 25.4 Å². The van der Waals surface area contributed by atoms with Gasteiger partial charge in [-0.2, -0.15) is 5.10 Å². The van der Waals surface area contributed by atoms with Gasteiger partial charge in [-0.1, -0.05) is 32.9 Å². The van der Waals surface area contributed by atoms with E-state index in [0.717, 1.165) is 42.7 Å². The number of hydrogen-bond donors (Lipinski definition) is 2. The van der Waals surface area contributed by atoms with Crippen LogP contribution in [0.1, 0.15) is 44.4 Å². The van der Waals surface area contributed by atoms with Gasteiger partial charge in [0.05, 0.1) is 13.1 Å². The molecule has 0 fully saturated rings. The summed E-state index contributed by atoms with van der Waals surface area (Å²) in [5.74, 6) is 3.60. The van der Waals surface area contributed by atoms with E-state index >= 15 is 0 Å². The van der Waals surface area contributed by atoms with Gasteiger partial charge in [-0.05, 0) is 36.5 Å². The van der Waals surface area contributed by atoms with Crippen molar-refractivity contribution in [2.24, 2.45) is 4.99 Å². The summed E-state index contributed by atoms with van der Waals surface area (Å²) in [6, 6.07) is 8.61. The quantitative estimate of drug-likeness (QED) is 0.279. The van der Waals surface area contributed by atoms with Crippen molar-refractivity contribution in [2.45, 2.75) is 58.5 Å². The SMILES string of the molecule is CN=C(NCCOc1cccc(C(C)(C)C)c1)NC1CCc2nc(C)nn2C1.I. The molecule has 1 aliphatic rings. The molecule has 7 nitrogen and oxygen atoms in total. The number of benzene rings is 1. The zero-order chi connectivity index (χ0) is 20.1. The molecule has 1 atom stereocenters. The zero-order valence-electron chi connectivity index (χ0n) is 18.0. The molecular weight excluding hydrogens is 479 g/mol. The highest BCUT2D eigenvalue weighted by Crippen LogP contribution is 2.25. The highest BCUT2D eigenvalue weighted by atomic mass is 127. The molecule has 1 unspecified atom stereocenters. The molecule has 1 aromatic carbocycles. The minimum Gasteiger partial charge on any atom is -0.492 e. The number of fused-ring (bicyclic) bond motifs is 1. The molecule has 0 saturated heterocycles. The van der Waals surface area contributed by atoms with E-state index in [4.69, 9.17) is 4.74 Å². The Kier molecular flexibility index (Phi) is 8.30. The molecule has 29 heavy (non-hydrogen) atoms. The first-order chi connectivity index (χ1) is 13.3. The number of aryl methyl sites for hydroxylation is 2. The summed E-state index contributed by atoms with van der Waals surface area (Å²) in [4.78, 5) is 8.79. The molecule has 2 heterocycles. The van der Waals surface area contributed by atoms with Crippen LogP contribution in [0.5, 0.6) is 5.75 Å². The second-order valence-electron chi connectivity index (χ2n) is 8.26. The Balaban J connectivity index is 0.00000300. The van der Waals surface area contributed by atoms with Gasteiger partial charge >= 0.3 is 0 Å². The summed E-state index contributed by atoms with van der Waals surface area (Å²) in [6.07, 6.45) is 1.96. The molecule has 3 rings (SSSR count). The smallest absolute Gasteiger partial charge is 0.191 e. The van der Waals surface area contributed by atoms with Gasteiger partial charge in [0.1, 0.15) is 24.0 Å². The number of aromatic nitrogens is 3. The maximum atomic E-state index is 5.91. The fourth-order valence-corrected chi connectivity index (χ4v) is 3.33. The van der Waals surface area contributed by atoms with Crippen LogP contribution in [0, 0.1) is 6.92 Å². The first kappa shape index (κ1) is 23.4. The van der Waals surface area contributed by atoms with Crippen LogP contribution in [-0.2, 0) is 18.4 Å². The highest BCUT2D eigenvalue weighted by Gasteiger charge is 2.21. The van der Waals surface area contributed by atoms with Gasteiger partial charge in [0, 0.05) is 19.5 Å². The molecular formula is C21H33IN6O. The summed E-state index contributed by atoms with van der Waals surface area (Å²) in [5.41, 5.74) is 1.39. The van der Waals surface area contributed by atoms with Gasteiger partial charge in [-0.15, -0.1) is 24.0 Å². The molecule has 2 N–H and O–H groups in total. The number of hydrogen-bond acceptors (Lipinski definition) is 4. The average molecular weight is 512 g/mol. The molecule has 0 bridgehead atoms. The van der Waals surface area contributed by atoms with Crippen molar-refractivity contribution in [3.8, 4) is 5.75 Å². The van der Waals surface area contributed by atoms with Crippen molar-refractivity contribution in [3.63, 3.8) is 0 Å². The van der Waals surface area contributed by atoms with Crippen molar-refractivity contribution >= 4 is 29.9 Å². The highest BCUT2D eigenvalue weighted by molar-refractivity contribution is 14.0. The lowest BCUT2D eigenvalue weighted by Gasteiger charge is -2.25. The lowest BCUT2D eigenvalue weighted by Crippen LogP contribution is -2.47. The van der Waals surface area contributed by atoms with Crippen molar-refractivity contribution < 1.29 is 4.74 Å². The maximum Gasteiger partial charge on any atom is 0.191 e. The number of nitrogens with zero attached hydrogens (tertiary/aromatic N) is 4. The van der Waals surface area contributed by atoms with Crippen LogP contribution in [0.3, 0.4) is 0 Å². The molecule has 1 aromatic heterocycles. The summed E-state index contributed by atoms with van der Waals surface area (Å²) in [7, 11) is 1.79. The van der Waals surface area contributed by atoms with E-state index in [-0.39, 0.29) is 29.4 Å². The fourth-order valence-electron chi connectivity index (χ4n) is 3.33. The van der Waals surface area contributed by atoms with Crippen LogP contribution in [0.15, 0.2) is 29.3 Å². The third kappa shape index (κ3) is 6.58. The monoisotopic (exact) mass is 512 g/mol. The van der Waals surface area contributed by atoms with Crippen LogP contribution in [-0.4, -0.2) is 47.0 Å². The second-order valence-corrected chi connectivity index (χ2v) is 8.26. The predicted octanol–water partition coefficient (Wildman–Crippen LogP) is 3.06. The Morgan fingerprint density at radius 2 is 2.14 bits per heavy atom. The van der Waals surface area contributed by atoms with E-state index < -0.39 is 0 Å². The van der Waals surface area contributed by atoms with Crippen LogP contribution in [0.2, 0.25) is 0 Å². The van der Waals surface area contributed by atoms with E-state index in [0.29, 0.717) is 19.2 Å². The van der Waals surface area contributed by atoms with Crippen LogP contribution in [0.25, 0.3) is 0 Å². The second kappa shape index (κ2) is 10.3. The number of nitrogens with one attached hydrogen (secondary N) is 2. The lowest BCUT2D eigenvalue weighted by atomic mass is 9.87. The van der Waals surface area contributed by atoms with Crippen LogP contribution < -0.4 is 15.4 Å². The Labute approximate surface area is 190 Å². The van der Waals surface area contributed by atoms with Gasteiger partial charge in [-0.3, -0.25) is 4.99 Å². The summed E-state index contributed by atoms with van der Waals surface area (Å²) in [5, 5.41) is 11.3. The third-order valence-corrected chi connectivity index (χ3v) is 4.89. The number of guanidine groups is 1. The minimum atomic E-state index is 0. The predicted molar refractivity (Wildman–Crippen MR) is 127 cm³/mol. The van der Waals surface area contributed by atoms with Gasteiger partial charge in [0.25, 0.3) is 0 Å². The van der Waals surface area contributed by atoms with Crippen molar-refractivity contribution in [1.29, 1.82) is 0 Å². The van der Waals surface area contributed by atoms with Crippen LogP contribution >= 0.6 is 24.0 Å². The maximum absolute atomic E-state index is 5.91. The first-order valence-corrected chi connectivity index (χ1v) is 9.96. The van der Waals surface area contributed by atoms with E-state index in [2.05, 4.69) is 58.6 Å². The van der Waals surface area contributed by atoms with Crippen molar-refractivity contribution in [2.75, 3.05) is 20.2 Å². The lowest BCUT2D eigenvalue weighted by molar-refractivity contribution is 0.320. The van der Waals surface area contributed by atoms with Gasteiger partial charge in [0.15, 0.2) is 5.96 Å². The molecule has 0 spiro atoms. The summed E-state index contributed by atoms with van der Waals surface area (Å²) >= 11 is 0. The van der Waals surface area contributed by atoms with E-state index in [1.807, 2.05) is 23.7 Å². The van der Waals surface area contributed by atoms with Gasteiger partial charge in [0.2, 0.25) is 0 Å².